The van der Waals surface area contributed by atoms with Gasteiger partial charge >= 0.3 is 4.87 Å². The lowest BCUT2D eigenvalue weighted by Gasteiger charge is -2.31. The Labute approximate surface area is 261 Å². The Kier molecular flexibility index (Phi) is 7.63. The molecule has 208 valence electrons. The van der Waals surface area contributed by atoms with Gasteiger partial charge in [0.05, 0.1) is 26.7 Å². The number of amides is 3. The van der Waals surface area contributed by atoms with E-state index in [1.165, 1.54) is 9.47 Å². The number of aryl methyl sites for hydroxylation is 1. The van der Waals surface area contributed by atoms with Crippen molar-refractivity contribution in [2.45, 2.75) is 29.7 Å². The van der Waals surface area contributed by atoms with Gasteiger partial charge in [0.1, 0.15) is 11.8 Å². The number of rotatable bonds is 5. The fourth-order valence-electron chi connectivity index (χ4n) is 5.24. The molecule has 0 bridgehead atoms. The molecule has 1 aromatic heterocycles. The van der Waals surface area contributed by atoms with E-state index in [1.807, 2.05) is 25.1 Å². The van der Waals surface area contributed by atoms with Crippen molar-refractivity contribution in [1.82, 2.24) is 4.57 Å². The van der Waals surface area contributed by atoms with Crippen LogP contribution < -0.4 is 15.1 Å². The van der Waals surface area contributed by atoms with E-state index in [0.29, 0.717) is 31.9 Å². The van der Waals surface area contributed by atoms with Crippen molar-refractivity contribution < 1.29 is 14.4 Å². The number of nitrogens with zero attached hydrogens (tertiary/aromatic N) is 2. The molecule has 6 rings (SSSR count). The smallest absolute Gasteiger partial charge is 0.308 e. The third-order valence-electron chi connectivity index (χ3n) is 7.17. The number of fused-ring (bicyclic) bond motifs is 2. The number of hydrogen-bond acceptors (Lipinski definition) is 6. The molecule has 1 fully saturated rings. The molecule has 2 aliphatic heterocycles. The molecule has 41 heavy (non-hydrogen) atoms. The van der Waals surface area contributed by atoms with Gasteiger partial charge < -0.3 is 5.32 Å². The zero-order valence-electron chi connectivity index (χ0n) is 21.3. The van der Waals surface area contributed by atoms with Crippen LogP contribution in [-0.4, -0.2) is 27.5 Å². The predicted octanol–water partition coefficient (Wildman–Crippen LogP) is 6.72. The number of anilines is 2. The van der Waals surface area contributed by atoms with Gasteiger partial charge in [-0.3, -0.25) is 23.7 Å². The lowest BCUT2D eigenvalue weighted by Crippen LogP contribution is -2.33. The van der Waals surface area contributed by atoms with E-state index in [-0.39, 0.29) is 28.3 Å². The molecule has 3 heterocycles. The van der Waals surface area contributed by atoms with Gasteiger partial charge in [0.2, 0.25) is 17.7 Å². The number of nitrogens with one attached hydrogen (secondary N) is 1. The molecular weight excluding hydrogens is 669 g/mol. The molecule has 0 unspecified atom stereocenters. The van der Waals surface area contributed by atoms with Gasteiger partial charge in [-0.15, -0.1) is 0 Å². The van der Waals surface area contributed by atoms with E-state index in [4.69, 9.17) is 23.2 Å². The predicted molar refractivity (Wildman–Crippen MR) is 166 cm³/mol. The summed E-state index contributed by atoms with van der Waals surface area (Å²) in [7, 11) is 0. The van der Waals surface area contributed by atoms with Crippen molar-refractivity contribution in [3.8, 4) is 0 Å². The fraction of sp³-hybridized carbons (Fsp3) is 0.172. The van der Waals surface area contributed by atoms with Crippen molar-refractivity contribution in [2.75, 3.05) is 10.2 Å². The van der Waals surface area contributed by atoms with Crippen LogP contribution in [0.25, 0.3) is 0 Å². The molecule has 3 aromatic carbocycles. The summed E-state index contributed by atoms with van der Waals surface area (Å²) in [5.74, 6) is -2.70. The van der Waals surface area contributed by atoms with Crippen molar-refractivity contribution in [3.05, 3.63) is 107 Å². The third kappa shape index (κ3) is 4.95. The molecule has 0 radical (unpaired) electrons. The number of imide groups is 1. The van der Waals surface area contributed by atoms with Crippen LogP contribution in [0.2, 0.25) is 10.0 Å². The lowest BCUT2D eigenvalue weighted by atomic mass is 9.83. The number of thioether (sulfide) groups is 1. The second-order valence-corrected chi connectivity index (χ2v) is 13.5. The van der Waals surface area contributed by atoms with E-state index in [2.05, 4.69) is 21.2 Å². The van der Waals surface area contributed by atoms with Crippen molar-refractivity contribution >= 4 is 91.3 Å². The molecule has 3 atom stereocenters. The molecular formula is C29H20BrCl2N3O4S2. The summed E-state index contributed by atoms with van der Waals surface area (Å²) >= 11 is 18.5. The minimum Gasteiger partial charge on any atom is -0.324 e. The molecule has 0 saturated carbocycles. The van der Waals surface area contributed by atoms with E-state index in [1.54, 1.807) is 48.5 Å². The molecule has 0 spiro atoms. The first-order valence-electron chi connectivity index (χ1n) is 12.5. The average Bonchev–Trinajstić information content (AvgIpc) is 3.38. The molecule has 4 aromatic rings. The Hall–Kier alpha value is -2.89. The van der Waals surface area contributed by atoms with Crippen molar-refractivity contribution in [1.29, 1.82) is 0 Å². The van der Waals surface area contributed by atoms with Gasteiger partial charge in [0, 0.05) is 21.0 Å². The fourth-order valence-corrected chi connectivity index (χ4v) is 8.70. The molecule has 3 amide bonds. The van der Waals surface area contributed by atoms with Crippen LogP contribution >= 0.6 is 62.2 Å². The second kappa shape index (κ2) is 11.1. The summed E-state index contributed by atoms with van der Waals surface area (Å²) in [5, 5.41) is 3.05. The van der Waals surface area contributed by atoms with Crippen LogP contribution in [0, 0.1) is 12.8 Å². The summed E-state index contributed by atoms with van der Waals surface area (Å²) in [6.07, 6.45) is 0. The number of halogens is 3. The number of carbonyl (C=O) groups excluding carboxylic acids is 3. The first-order chi connectivity index (χ1) is 19.7. The summed E-state index contributed by atoms with van der Waals surface area (Å²) in [6, 6.07) is 19.4. The van der Waals surface area contributed by atoms with Crippen LogP contribution in [0.3, 0.4) is 0 Å². The SMILES string of the molecule is Cc1ccccc1NC(=O)Cn1c2c(sc1=O)[C@@H](c1cccc(Cl)c1Cl)[C@@H]1C(=O)N(c3ccc(Br)cc3)C(=O)[C@@H]1S2. The van der Waals surface area contributed by atoms with Crippen LogP contribution in [0.4, 0.5) is 11.4 Å². The number of aromatic nitrogens is 1. The maximum absolute atomic E-state index is 14.0. The van der Waals surface area contributed by atoms with Crippen LogP contribution in [-0.2, 0) is 20.9 Å². The van der Waals surface area contributed by atoms with Gasteiger partial charge in [-0.1, -0.05) is 92.6 Å². The van der Waals surface area contributed by atoms with E-state index in [9.17, 15) is 19.2 Å². The standard InChI is InChI=1S/C29H20BrCl2N3O4S2/c1-14-5-2-3-8-19(14)33-20(36)13-34-28-25(41-29(34)39)21(17-6-4-7-18(31)23(17)32)22-24(40-28)27(38)35(26(22)37)16-11-9-15(30)10-12-16/h2-12,21-22,24H,13H2,1H3,(H,33,36)/t21-,22-,24+/m0/s1. The molecule has 12 heteroatoms. The first-order valence-corrected chi connectivity index (χ1v) is 15.7. The quantitative estimate of drug-likeness (QED) is 0.235. The molecule has 7 nitrogen and oxygen atoms in total. The Balaban J connectivity index is 1.44. The molecule has 0 aliphatic carbocycles. The van der Waals surface area contributed by atoms with Crippen LogP contribution in [0.5, 0.6) is 0 Å². The van der Waals surface area contributed by atoms with Gasteiger partial charge in [-0.25, -0.2) is 4.90 Å². The van der Waals surface area contributed by atoms with E-state index >= 15 is 0 Å². The first kappa shape index (κ1) is 28.2. The topological polar surface area (TPSA) is 88.5 Å². The van der Waals surface area contributed by atoms with E-state index < -0.39 is 23.0 Å². The zero-order valence-corrected chi connectivity index (χ0v) is 26.0. The Morgan fingerprint density at radius 2 is 1.71 bits per heavy atom. The number of carbonyl (C=O) groups is 3. The highest BCUT2D eigenvalue weighted by Crippen LogP contribution is 2.55. The summed E-state index contributed by atoms with van der Waals surface area (Å²) in [4.78, 5) is 55.7. The van der Waals surface area contributed by atoms with Gasteiger partial charge in [-0.05, 0) is 54.4 Å². The lowest BCUT2D eigenvalue weighted by molar-refractivity contribution is -0.122. The Morgan fingerprint density at radius 1 is 0.976 bits per heavy atom. The van der Waals surface area contributed by atoms with Crippen molar-refractivity contribution in [2.24, 2.45) is 5.92 Å². The Bertz CT molecular complexity index is 1790. The van der Waals surface area contributed by atoms with Crippen LogP contribution in [0.15, 0.2) is 81.0 Å². The van der Waals surface area contributed by atoms with Crippen molar-refractivity contribution in [3.63, 3.8) is 0 Å². The summed E-state index contributed by atoms with van der Waals surface area (Å²) in [5.41, 5.74) is 2.53. The summed E-state index contributed by atoms with van der Waals surface area (Å²) in [6.45, 7) is 1.63. The number of para-hydroxylation sites is 1. The Morgan fingerprint density at radius 3 is 2.44 bits per heavy atom. The highest BCUT2D eigenvalue weighted by atomic mass is 79.9. The number of thiazole rings is 1. The van der Waals surface area contributed by atoms with Gasteiger partial charge in [0.25, 0.3) is 0 Å². The minimum atomic E-state index is -0.835. The maximum atomic E-state index is 14.0. The zero-order chi connectivity index (χ0) is 29.0. The monoisotopic (exact) mass is 687 g/mol. The normalized spacial score (nSPS) is 19.7. The highest BCUT2D eigenvalue weighted by Gasteiger charge is 2.57. The third-order valence-corrected chi connectivity index (χ3v) is 11.1. The number of benzene rings is 3. The van der Waals surface area contributed by atoms with E-state index in [0.717, 1.165) is 33.1 Å². The number of hydrogen-bond donors (Lipinski definition) is 1. The highest BCUT2D eigenvalue weighted by molar-refractivity contribution is 9.10. The van der Waals surface area contributed by atoms with Gasteiger partial charge in [-0.2, -0.15) is 0 Å². The second-order valence-electron chi connectivity index (χ2n) is 9.66. The molecule has 1 N–H and O–H groups in total. The average molecular weight is 689 g/mol. The van der Waals surface area contributed by atoms with Crippen LogP contribution in [0.1, 0.15) is 21.9 Å². The largest absolute Gasteiger partial charge is 0.324 e. The molecule has 1 saturated heterocycles. The molecule has 2 aliphatic rings. The maximum Gasteiger partial charge on any atom is 0.308 e. The summed E-state index contributed by atoms with van der Waals surface area (Å²) < 4.78 is 2.19. The van der Waals surface area contributed by atoms with Gasteiger partial charge in [0.15, 0.2) is 0 Å². The minimum absolute atomic E-state index is 0.252.